The fourth-order valence-electron chi connectivity index (χ4n) is 5.55. The van der Waals surface area contributed by atoms with E-state index in [4.69, 9.17) is 5.41 Å². The molecule has 9 heterocycles. The van der Waals surface area contributed by atoms with Crippen LogP contribution in [0.2, 0.25) is 0 Å². The van der Waals surface area contributed by atoms with E-state index in [1.165, 1.54) is 6.42 Å². The number of unbranched alkanes of at least 4 members (excludes halogenated alkanes) is 1. The van der Waals surface area contributed by atoms with Crippen LogP contribution in [0.15, 0.2) is 319 Å². The molecule has 0 fully saturated rings. The van der Waals surface area contributed by atoms with E-state index in [1.54, 1.807) is 113 Å². The van der Waals surface area contributed by atoms with E-state index in [9.17, 15) is 0 Å². The number of aromatic nitrogens is 9. The number of nitrogens with zero attached hydrogens (tertiary/aromatic N) is 18. The summed E-state index contributed by atoms with van der Waals surface area (Å²) < 4.78 is 0. The molecule has 9 aromatic heterocycles. The number of hydrogen-bond acceptors (Lipinski definition) is 8. The van der Waals surface area contributed by atoms with Crippen molar-refractivity contribution < 1.29 is 184 Å². The van der Waals surface area contributed by atoms with Crippen LogP contribution in [0, 0.1) is 5.92 Å². The third kappa shape index (κ3) is 157. The van der Waals surface area contributed by atoms with Gasteiger partial charge in [-0.1, -0.05) is 260 Å². The summed E-state index contributed by atoms with van der Waals surface area (Å²) in [5.74, 6) is 0.626. The molecule has 0 radical (unpaired) electrons. The molecule has 0 saturated heterocycles. The van der Waals surface area contributed by atoms with Crippen LogP contribution in [0.3, 0.4) is 0 Å². The van der Waals surface area contributed by atoms with Gasteiger partial charge in [-0.05, 0) is 111 Å². The van der Waals surface area contributed by atoms with Crippen molar-refractivity contribution in [2.24, 2.45) is 45.9 Å². The molecule has 0 aliphatic heterocycles. The Labute approximate surface area is 910 Å². The fourth-order valence-corrected chi connectivity index (χ4v) is 5.55. The molecule has 1 unspecified atom stereocenters. The molecule has 27 heteroatoms. The van der Waals surface area contributed by atoms with Crippen LogP contribution in [0.4, 0.5) is 0 Å². The Morgan fingerprint density at radius 1 is 0.310 bits per heavy atom. The molecule has 0 N–H and O–H groups in total. The van der Waals surface area contributed by atoms with E-state index >= 15 is 0 Å². The summed E-state index contributed by atoms with van der Waals surface area (Å²) in [6.07, 6.45) is 61.0. The third-order valence-electron chi connectivity index (χ3n) is 12.3. The number of hydrogen-bond donors (Lipinski definition) is 0. The zero-order valence-electron chi connectivity index (χ0n) is 80.8. The topological polar surface area (TPSA) is 248 Å². The van der Waals surface area contributed by atoms with Gasteiger partial charge in [-0.25, -0.2) is 6.21 Å². The van der Waals surface area contributed by atoms with Crippen LogP contribution in [0.5, 0.6) is 0 Å². The molecule has 0 aromatic carbocycles. The van der Waals surface area contributed by atoms with Gasteiger partial charge in [0, 0.05) is 265 Å². The quantitative estimate of drug-likeness (QED) is 0.0195. The van der Waals surface area contributed by atoms with Gasteiger partial charge in [0.2, 0.25) is 0 Å². The summed E-state index contributed by atoms with van der Waals surface area (Å²) in [4.78, 5) is 68.6. The van der Waals surface area contributed by atoms with Gasteiger partial charge in [-0.15, -0.1) is 105 Å². The second-order valence-corrected chi connectivity index (χ2v) is 24.3. The van der Waals surface area contributed by atoms with E-state index < -0.39 is 0 Å². The smallest absolute Gasteiger partial charge is 0.812 e. The van der Waals surface area contributed by atoms with Gasteiger partial charge in [-0.3, -0.25) is 39.9 Å². The van der Waals surface area contributed by atoms with Crippen molar-refractivity contribution in [3.63, 3.8) is 0 Å². The molecule has 18 nitrogen and oxygen atoms in total. The Kier molecular flexibility index (Phi) is 198. The SMILES string of the molecule is C=CC.C=CCC.C=CCC.C=CCC.C=CCC.C=CCC.C=CCC.C=CCC.C=CCC.CC(C)CN=Cc1ccc[n-]1.CC(C)N=Cc1ccc[n-]1.CCC(C)N=Cc1ccc[n-]1.CCCCN=Cc1ccc[n-]1.CCCN=Cc1ccc[n-]1.CCN=Cc1ccc[n-]1.CN=Cc1ccc[n-]1.CN=Cc1ccc[n-]1.[N-]=Cc1ccc[n-]1.[Pd+2].[Pd].[Pd].[Pd].[Pd].[Pd].[Pd].[Pd].[Pd]. The number of allylic oxidation sites excluding steroid dienone is 9. The maximum absolute atomic E-state index is 8.24. The van der Waals surface area contributed by atoms with E-state index in [0.29, 0.717) is 23.7 Å². The number of rotatable bonds is 28. The maximum atomic E-state index is 8.24. The summed E-state index contributed by atoms with van der Waals surface area (Å²) in [5.41, 5.74) is 8.15. The molecule has 0 spiro atoms. The Balaban J connectivity index is -0.0000000638. The molecular weight excluding hydrogens is 2440 g/mol. The molecule has 0 saturated carbocycles. The number of aliphatic imine (C=N–C) groups is 8. The van der Waals surface area contributed by atoms with Gasteiger partial charge in [0.05, 0.1) is 0 Å². The van der Waals surface area contributed by atoms with Crippen LogP contribution >= 0.6 is 0 Å². The molecule has 0 aliphatic carbocycles. The standard InChI is InChI=1S/3C9H13N2.2C8H11N2.C7H9N2.2C6H7N2.C5H4N2.8C4H8.C3H6.9Pd/c1-8(2)6-10-7-9-4-3-5-11-9;1-3-8(2)11-7-9-5-4-6-10-9;1-2-3-6-10-8-9-5-4-7-11-9;1-7(2)10-6-8-4-3-5-9-8;1-2-5-9-7-8-4-3-6-10-8;1-2-8-6-7-4-3-5-9-7;2*1-7-5-6-3-2-4-8-6;6-4-5-2-1-3-7-5;8*1-3-4-2;1-3-2;;;;;;;;;/h3-5,7-8H,6H2,1-2H3;4-8H,3H2,1-2H3;4-5,7-8H,2-3,6H2,1H3;3-7H,1-2H3;3-4,6-7H,2,5H2,1H3;3-6H,2H2,1H3;2*2-5H,1H3;1-4H;8*3H,1,4H2,2H3;3H,1H2,2H3;;;;;;;;;/q8*-1;-2;;;;;;;;;;;;;;;;;;+2. The molecule has 0 bridgehead atoms. The predicted molar refractivity (Wildman–Crippen MR) is 539 cm³/mol. The molecule has 0 amide bonds. The average molecular weight is 2590 g/mol. The first kappa shape index (κ1) is 166. The van der Waals surface area contributed by atoms with Crippen molar-refractivity contribution in [3.05, 3.63) is 336 Å². The summed E-state index contributed by atoms with van der Waals surface area (Å²) in [6.45, 7) is 72.0. The monoisotopic (exact) mass is 2590 g/mol. The first-order valence-electron chi connectivity index (χ1n) is 41.7. The van der Waals surface area contributed by atoms with E-state index in [2.05, 4.69) is 241 Å². The first-order chi connectivity index (χ1) is 58.2. The van der Waals surface area contributed by atoms with E-state index in [-0.39, 0.29) is 184 Å². The van der Waals surface area contributed by atoms with Crippen molar-refractivity contribution >= 4 is 55.9 Å². The zero-order valence-corrected chi connectivity index (χ0v) is 94.8. The Bertz CT molecular complexity index is 3490. The van der Waals surface area contributed by atoms with Crippen LogP contribution in [-0.4, -0.2) is 108 Å². The summed E-state index contributed by atoms with van der Waals surface area (Å²) in [6, 6.07) is 35.0. The second kappa shape index (κ2) is 153. The first-order valence-corrected chi connectivity index (χ1v) is 41.7. The van der Waals surface area contributed by atoms with Gasteiger partial charge in [0.25, 0.3) is 0 Å². The van der Waals surface area contributed by atoms with Gasteiger partial charge in [0.15, 0.2) is 0 Å². The minimum atomic E-state index is 0. The Morgan fingerprint density at radius 2 is 0.527 bits per heavy atom. The largest absolute Gasteiger partial charge is 2.00 e. The minimum absolute atomic E-state index is 0. The molecule has 9 aromatic rings. The summed E-state index contributed by atoms with van der Waals surface area (Å²) in [7, 11) is 3.46. The Morgan fingerprint density at radius 3 is 0.705 bits per heavy atom. The van der Waals surface area contributed by atoms with Gasteiger partial charge >= 0.3 is 20.4 Å². The van der Waals surface area contributed by atoms with Crippen molar-refractivity contribution in [3.8, 4) is 0 Å². The predicted octanol–water partition coefficient (Wildman–Crippen LogP) is 25.3. The average Bonchev–Trinajstić information content (AvgIpc) is 1.84. The maximum Gasteiger partial charge on any atom is 2.00 e. The second-order valence-electron chi connectivity index (χ2n) is 24.3. The molecular formula is C102H158N18Pd9-8. The molecule has 1 atom stereocenters. The summed E-state index contributed by atoms with van der Waals surface area (Å²) in [5, 5.41) is 8.24. The molecule has 0 aliphatic rings. The molecule has 129 heavy (non-hydrogen) atoms. The van der Waals surface area contributed by atoms with Gasteiger partial charge in [-0.2, -0.15) is 61.5 Å². The van der Waals surface area contributed by atoms with Crippen molar-refractivity contribution in [1.29, 1.82) is 0 Å². The van der Waals surface area contributed by atoms with Crippen LogP contribution in [0.1, 0.15) is 253 Å². The van der Waals surface area contributed by atoms with Crippen molar-refractivity contribution in [1.82, 2.24) is 44.9 Å². The van der Waals surface area contributed by atoms with E-state index in [0.717, 1.165) is 149 Å². The normalized spacial score (nSPS) is 9.04. The Hall–Kier alpha value is -5.83. The van der Waals surface area contributed by atoms with E-state index in [1.807, 2.05) is 198 Å². The van der Waals surface area contributed by atoms with Crippen molar-refractivity contribution in [2.75, 3.05) is 40.3 Å². The van der Waals surface area contributed by atoms with Crippen LogP contribution in [0.25, 0.3) is 5.41 Å². The minimum Gasteiger partial charge on any atom is -0.812 e. The molecule has 754 valence electrons. The fraction of sp³-hybridized carbons (Fsp3) is 0.382. The van der Waals surface area contributed by atoms with Crippen LogP contribution < -0.4 is 44.9 Å². The zero-order chi connectivity index (χ0) is 92.1. The van der Waals surface area contributed by atoms with Gasteiger partial charge < -0.3 is 50.3 Å². The molecule has 9 rings (SSSR count). The van der Waals surface area contributed by atoms with Gasteiger partial charge in [0.1, 0.15) is 0 Å². The van der Waals surface area contributed by atoms with Crippen molar-refractivity contribution in [2.45, 2.75) is 214 Å². The van der Waals surface area contributed by atoms with Crippen LogP contribution in [-0.2, 0) is 184 Å². The third-order valence-corrected chi connectivity index (χ3v) is 12.3. The summed E-state index contributed by atoms with van der Waals surface area (Å²) >= 11 is 0.